The Balaban J connectivity index is 2.41. The molecule has 100 valence electrons. The molecule has 2 aromatic rings. The first-order valence-electron chi connectivity index (χ1n) is 6.17. The van der Waals surface area contributed by atoms with Crippen molar-refractivity contribution in [2.45, 2.75) is 26.8 Å². The predicted molar refractivity (Wildman–Crippen MR) is 76.6 cm³/mol. The van der Waals surface area contributed by atoms with Crippen LogP contribution < -0.4 is 5.73 Å². The standard InChI is InChI=1S/C14H16ClN3O/c1-3-8-18-14(16)12(9(2)17-18)13(19)10-4-6-11(15)7-5-10/h4-7H,3,8,16H2,1-2H3. The molecule has 0 saturated carbocycles. The first-order chi connectivity index (χ1) is 9.04. The van der Waals surface area contributed by atoms with Crippen molar-refractivity contribution in [2.24, 2.45) is 0 Å². The number of halogens is 1. The Kier molecular flexibility index (Phi) is 3.90. The number of ketones is 1. The fourth-order valence-electron chi connectivity index (χ4n) is 2.01. The molecule has 0 unspecified atom stereocenters. The molecule has 0 fully saturated rings. The van der Waals surface area contributed by atoms with Crippen molar-refractivity contribution in [3.05, 3.63) is 46.1 Å². The van der Waals surface area contributed by atoms with Crippen molar-refractivity contribution in [1.29, 1.82) is 0 Å². The predicted octanol–water partition coefficient (Wildman–Crippen LogP) is 3.07. The Morgan fingerprint density at radius 3 is 2.58 bits per heavy atom. The fourth-order valence-corrected chi connectivity index (χ4v) is 2.13. The molecule has 19 heavy (non-hydrogen) atoms. The molecule has 0 atom stereocenters. The van der Waals surface area contributed by atoms with Crippen LogP contribution >= 0.6 is 11.6 Å². The molecule has 0 bridgehead atoms. The number of hydrogen-bond acceptors (Lipinski definition) is 3. The highest BCUT2D eigenvalue weighted by molar-refractivity contribution is 6.30. The van der Waals surface area contributed by atoms with Gasteiger partial charge in [-0.1, -0.05) is 18.5 Å². The SMILES string of the molecule is CCCn1nc(C)c(C(=O)c2ccc(Cl)cc2)c1N. The van der Waals surface area contributed by atoms with Gasteiger partial charge < -0.3 is 5.73 Å². The number of carbonyl (C=O) groups is 1. The number of carbonyl (C=O) groups excluding carboxylic acids is 1. The second-order valence-electron chi connectivity index (χ2n) is 4.40. The van der Waals surface area contributed by atoms with Crippen molar-refractivity contribution in [2.75, 3.05) is 5.73 Å². The number of nitrogens with two attached hydrogens (primary N) is 1. The summed E-state index contributed by atoms with van der Waals surface area (Å²) < 4.78 is 1.68. The number of aromatic nitrogens is 2. The number of nitrogen functional groups attached to an aromatic ring is 1. The minimum atomic E-state index is -0.117. The maximum atomic E-state index is 12.4. The molecule has 1 aromatic heterocycles. The summed E-state index contributed by atoms with van der Waals surface area (Å²) in [5.41, 5.74) is 7.72. The number of anilines is 1. The van der Waals surface area contributed by atoms with Crippen molar-refractivity contribution in [1.82, 2.24) is 9.78 Å². The fraction of sp³-hybridized carbons (Fsp3) is 0.286. The van der Waals surface area contributed by atoms with Gasteiger partial charge in [-0.25, -0.2) is 4.68 Å². The van der Waals surface area contributed by atoms with Crippen LogP contribution in [0.1, 0.15) is 35.0 Å². The maximum Gasteiger partial charge on any atom is 0.198 e. The molecule has 0 aliphatic heterocycles. The van der Waals surface area contributed by atoms with E-state index < -0.39 is 0 Å². The number of hydrogen-bond donors (Lipinski definition) is 1. The average Bonchev–Trinajstić information content (AvgIpc) is 2.65. The van der Waals surface area contributed by atoms with Gasteiger partial charge in [-0.3, -0.25) is 4.79 Å². The van der Waals surface area contributed by atoms with Crippen LogP contribution in [0.3, 0.4) is 0 Å². The van der Waals surface area contributed by atoms with Gasteiger partial charge in [0.2, 0.25) is 0 Å². The third-order valence-corrected chi connectivity index (χ3v) is 3.19. The van der Waals surface area contributed by atoms with Gasteiger partial charge >= 0.3 is 0 Å². The molecule has 0 aliphatic carbocycles. The first kappa shape index (κ1) is 13.6. The molecule has 1 heterocycles. The highest BCUT2D eigenvalue weighted by Gasteiger charge is 2.20. The van der Waals surface area contributed by atoms with Gasteiger partial charge in [0.05, 0.1) is 11.3 Å². The molecule has 1 aromatic carbocycles. The summed E-state index contributed by atoms with van der Waals surface area (Å²) in [4.78, 5) is 12.4. The number of rotatable bonds is 4. The molecule has 0 aliphatic rings. The van der Waals surface area contributed by atoms with Crippen LogP contribution in [-0.4, -0.2) is 15.6 Å². The number of benzene rings is 1. The summed E-state index contributed by atoms with van der Waals surface area (Å²) >= 11 is 5.82. The van der Waals surface area contributed by atoms with Crippen LogP contribution in [0, 0.1) is 6.92 Å². The maximum absolute atomic E-state index is 12.4. The molecule has 4 nitrogen and oxygen atoms in total. The second kappa shape index (κ2) is 5.45. The van der Waals surface area contributed by atoms with E-state index in [1.165, 1.54) is 0 Å². The summed E-state index contributed by atoms with van der Waals surface area (Å²) in [5.74, 6) is 0.313. The highest BCUT2D eigenvalue weighted by atomic mass is 35.5. The normalized spacial score (nSPS) is 10.7. The van der Waals surface area contributed by atoms with E-state index in [1.807, 2.05) is 6.92 Å². The van der Waals surface area contributed by atoms with Crippen LogP contribution in [0.25, 0.3) is 0 Å². The quantitative estimate of drug-likeness (QED) is 0.874. The molecule has 0 saturated heterocycles. The summed E-state index contributed by atoms with van der Waals surface area (Å²) in [6.45, 7) is 4.55. The van der Waals surface area contributed by atoms with E-state index in [2.05, 4.69) is 5.10 Å². The molecule has 0 radical (unpaired) electrons. The topological polar surface area (TPSA) is 60.9 Å². The minimum Gasteiger partial charge on any atom is -0.383 e. The van der Waals surface area contributed by atoms with Crippen LogP contribution in [0.5, 0.6) is 0 Å². The first-order valence-corrected chi connectivity index (χ1v) is 6.55. The average molecular weight is 278 g/mol. The van der Waals surface area contributed by atoms with Crippen molar-refractivity contribution in [3.63, 3.8) is 0 Å². The largest absolute Gasteiger partial charge is 0.383 e. The van der Waals surface area contributed by atoms with Crippen LogP contribution in [0.15, 0.2) is 24.3 Å². The molecule has 2 rings (SSSR count). The Labute approximate surface area is 117 Å². The Hall–Kier alpha value is -1.81. The van der Waals surface area contributed by atoms with E-state index >= 15 is 0 Å². The molecule has 0 spiro atoms. The third kappa shape index (κ3) is 2.63. The number of nitrogens with zero attached hydrogens (tertiary/aromatic N) is 2. The van der Waals surface area contributed by atoms with E-state index in [-0.39, 0.29) is 5.78 Å². The van der Waals surface area contributed by atoms with Gasteiger partial charge in [-0.15, -0.1) is 0 Å². The highest BCUT2D eigenvalue weighted by Crippen LogP contribution is 2.21. The molecular formula is C14H16ClN3O. The smallest absolute Gasteiger partial charge is 0.198 e. The molecular weight excluding hydrogens is 262 g/mol. The Morgan fingerprint density at radius 1 is 1.37 bits per heavy atom. The lowest BCUT2D eigenvalue weighted by Crippen LogP contribution is -2.08. The van der Waals surface area contributed by atoms with Crippen LogP contribution in [-0.2, 0) is 6.54 Å². The van der Waals surface area contributed by atoms with Gasteiger partial charge in [0, 0.05) is 17.1 Å². The Morgan fingerprint density at radius 2 is 2.00 bits per heavy atom. The summed E-state index contributed by atoms with van der Waals surface area (Å²) in [7, 11) is 0. The molecule has 5 heteroatoms. The lowest BCUT2D eigenvalue weighted by Gasteiger charge is -2.03. The molecule has 2 N–H and O–H groups in total. The zero-order chi connectivity index (χ0) is 14.0. The van der Waals surface area contributed by atoms with E-state index in [4.69, 9.17) is 17.3 Å². The van der Waals surface area contributed by atoms with E-state index in [0.717, 1.165) is 6.42 Å². The van der Waals surface area contributed by atoms with E-state index in [9.17, 15) is 4.79 Å². The monoisotopic (exact) mass is 277 g/mol. The van der Waals surface area contributed by atoms with Gasteiger partial charge in [-0.2, -0.15) is 5.10 Å². The zero-order valence-electron chi connectivity index (χ0n) is 11.0. The van der Waals surface area contributed by atoms with Crippen LogP contribution in [0.4, 0.5) is 5.82 Å². The van der Waals surface area contributed by atoms with Gasteiger partial charge in [0.25, 0.3) is 0 Å². The lowest BCUT2D eigenvalue weighted by atomic mass is 10.0. The van der Waals surface area contributed by atoms with Crippen molar-refractivity contribution >= 4 is 23.2 Å². The van der Waals surface area contributed by atoms with Crippen molar-refractivity contribution in [3.8, 4) is 0 Å². The summed E-state index contributed by atoms with van der Waals surface area (Å²) in [6, 6.07) is 6.77. The second-order valence-corrected chi connectivity index (χ2v) is 4.84. The van der Waals surface area contributed by atoms with E-state index in [0.29, 0.717) is 34.2 Å². The summed E-state index contributed by atoms with van der Waals surface area (Å²) in [5, 5.41) is 4.91. The number of aryl methyl sites for hydroxylation is 2. The zero-order valence-corrected chi connectivity index (χ0v) is 11.7. The van der Waals surface area contributed by atoms with Gasteiger partial charge in [0.15, 0.2) is 5.78 Å². The lowest BCUT2D eigenvalue weighted by molar-refractivity contribution is 0.103. The molecule has 0 amide bonds. The summed E-state index contributed by atoms with van der Waals surface area (Å²) in [6.07, 6.45) is 0.917. The minimum absolute atomic E-state index is 0.117. The third-order valence-electron chi connectivity index (χ3n) is 2.94. The van der Waals surface area contributed by atoms with Crippen molar-refractivity contribution < 1.29 is 4.79 Å². The van der Waals surface area contributed by atoms with Gasteiger partial charge in [-0.05, 0) is 37.6 Å². The van der Waals surface area contributed by atoms with Crippen LogP contribution in [0.2, 0.25) is 5.02 Å². The Bertz CT molecular complexity index is 602. The van der Waals surface area contributed by atoms with Gasteiger partial charge in [0.1, 0.15) is 5.82 Å². The van der Waals surface area contributed by atoms with E-state index in [1.54, 1.807) is 35.9 Å².